The highest BCUT2D eigenvalue weighted by atomic mass is 15.1. The molecular formula is C15H24N2. The van der Waals surface area contributed by atoms with Crippen molar-refractivity contribution in [2.75, 3.05) is 26.7 Å². The van der Waals surface area contributed by atoms with E-state index in [1.165, 1.54) is 38.0 Å². The van der Waals surface area contributed by atoms with Crippen LogP contribution in [-0.2, 0) is 0 Å². The summed E-state index contributed by atoms with van der Waals surface area (Å²) in [6, 6.07) is 11.3. The van der Waals surface area contributed by atoms with E-state index >= 15 is 0 Å². The molecule has 1 aliphatic rings. The first-order chi connectivity index (χ1) is 8.29. The van der Waals surface area contributed by atoms with Gasteiger partial charge in [-0.3, -0.25) is 0 Å². The normalized spacial score (nSPS) is 22.8. The van der Waals surface area contributed by atoms with Crippen molar-refractivity contribution in [2.24, 2.45) is 5.92 Å². The van der Waals surface area contributed by atoms with E-state index < -0.39 is 0 Å². The minimum Gasteiger partial charge on any atom is -0.313 e. The second-order valence-corrected chi connectivity index (χ2v) is 5.24. The molecule has 0 bridgehead atoms. The third-order valence-electron chi connectivity index (χ3n) is 3.79. The molecule has 0 saturated carbocycles. The van der Waals surface area contributed by atoms with Crippen LogP contribution in [-0.4, -0.2) is 31.6 Å². The van der Waals surface area contributed by atoms with Gasteiger partial charge in [0.05, 0.1) is 0 Å². The molecule has 94 valence electrons. The van der Waals surface area contributed by atoms with Crippen LogP contribution in [0.3, 0.4) is 0 Å². The van der Waals surface area contributed by atoms with Gasteiger partial charge < -0.3 is 10.2 Å². The first-order valence-electron chi connectivity index (χ1n) is 6.74. The van der Waals surface area contributed by atoms with Gasteiger partial charge in [-0.05, 0) is 44.5 Å². The smallest absolute Gasteiger partial charge is 0.0329 e. The lowest BCUT2D eigenvalue weighted by Crippen LogP contribution is -2.26. The van der Waals surface area contributed by atoms with E-state index in [9.17, 15) is 0 Å². The average Bonchev–Trinajstić information content (AvgIpc) is 2.77. The predicted molar refractivity (Wildman–Crippen MR) is 73.1 cm³/mol. The van der Waals surface area contributed by atoms with Crippen LogP contribution in [0, 0.1) is 5.92 Å². The molecule has 0 spiro atoms. The zero-order valence-electron chi connectivity index (χ0n) is 11.0. The summed E-state index contributed by atoms with van der Waals surface area (Å²) in [6.07, 6.45) is 2.57. The van der Waals surface area contributed by atoms with Crippen molar-refractivity contribution in [3.8, 4) is 0 Å². The predicted octanol–water partition coefficient (Wildman–Crippen LogP) is 2.68. The summed E-state index contributed by atoms with van der Waals surface area (Å²) in [7, 11) is 2.06. The fraction of sp³-hybridized carbons (Fsp3) is 0.600. The maximum atomic E-state index is 3.43. The highest BCUT2D eigenvalue weighted by molar-refractivity contribution is 5.18. The Balaban J connectivity index is 1.84. The van der Waals surface area contributed by atoms with Crippen LogP contribution in [0.2, 0.25) is 0 Å². The van der Waals surface area contributed by atoms with Crippen molar-refractivity contribution in [1.29, 1.82) is 0 Å². The Morgan fingerprint density at radius 3 is 2.71 bits per heavy atom. The maximum absolute atomic E-state index is 3.43. The van der Waals surface area contributed by atoms with Crippen molar-refractivity contribution in [2.45, 2.75) is 25.8 Å². The Hall–Kier alpha value is -0.860. The van der Waals surface area contributed by atoms with Gasteiger partial charge >= 0.3 is 0 Å². The minimum absolute atomic E-state index is 0.493. The fourth-order valence-electron chi connectivity index (χ4n) is 2.70. The highest BCUT2D eigenvalue weighted by Crippen LogP contribution is 2.20. The van der Waals surface area contributed by atoms with Crippen LogP contribution >= 0.6 is 0 Å². The Morgan fingerprint density at radius 1 is 1.35 bits per heavy atom. The summed E-state index contributed by atoms with van der Waals surface area (Å²) in [5, 5.41) is 3.43. The molecule has 2 heteroatoms. The second kappa shape index (κ2) is 6.18. The monoisotopic (exact) mass is 232 g/mol. The molecule has 1 N–H and O–H groups in total. The molecule has 1 saturated heterocycles. The first-order valence-corrected chi connectivity index (χ1v) is 6.74. The molecule has 1 aromatic carbocycles. The Kier molecular flexibility index (Phi) is 4.57. The molecule has 2 atom stereocenters. The largest absolute Gasteiger partial charge is 0.313 e. The van der Waals surface area contributed by atoms with Gasteiger partial charge in [0.1, 0.15) is 0 Å². The van der Waals surface area contributed by atoms with Crippen molar-refractivity contribution < 1.29 is 0 Å². The Bertz CT molecular complexity index is 323. The molecule has 2 nitrogen and oxygen atoms in total. The molecule has 1 aromatic rings. The molecule has 1 fully saturated rings. The summed E-state index contributed by atoms with van der Waals surface area (Å²) in [4.78, 5) is 2.60. The van der Waals surface area contributed by atoms with Crippen LogP contribution in [0.25, 0.3) is 0 Å². The number of nitrogens with zero attached hydrogens (tertiary/aromatic N) is 1. The highest BCUT2D eigenvalue weighted by Gasteiger charge is 2.19. The van der Waals surface area contributed by atoms with E-state index in [2.05, 4.69) is 54.5 Å². The van der Waals surface area contributed by atoms with E-state index in [1.54, 1.807) is 0 Å². The topological polar surface area (TPSA) is 15.3 Å². The Morgan fingerprint density at radius 2 is 2.12 bits per heavy atom. The average molecular weight is 232 g/mol. The van der Waals surface area contributed by atoms with Crippen LogP contribution in [0.15, 0.2) is 30.3 Å². The van der Waals surface area contributed by atoms with Crippen LogP contribution in [0.4, 0.5) is 0 Å². The lowest BCUT2D eigenvalue weighted by molar-refractivity contribution is 0.305. The molecule has 1 aliphatic heterocycles. The van der Waals surface area contributed by atoms with Crippen LogP contribution < -0.4 is 5.32 Å². The Labute approximate surface area is 105 Å². The maximum Gasteiger partial charge on any atom is 0.0329 e. The number of rotatable bonds is 5. The number of hydrogen-bond donors (Lipinski definition) is 1. The molecule has 0 radical (unpaired) electrons. The second-order valence-electron chi connectivity index (χ2n) is 5.24. The quantitative estimate of drug-likeness (QED) is 0.839. The number of nitrogens with one attached hydrogen (secondary N) is 1. The summed E-state index contributed by atoms with van der Waals surface area (Å²) in [5.74, 6) is 0.889. The first kappa shape index (κ1) is 12.6. The van der Waals surface area contributed by atoms with Gasteiger partial charge in [-0.1, -0.05) is 37.3 Å². The van der Waals surface area contributed by atoms with E-state index in [4.69, 9.17) is 0 Å². The molecule has 0 aromatic heterocycles. The van der Waals surface area contributed by atoms with Crippen molar-refractivity contribution in [1.82, 2.24) is 10.2 Å². The number of benzene rings is 1. The molecule has 2 rings (SSSR count). The standard InChI is InChI=1S/C15H24N2/c1-13-8-10-17(12-13)11-9-15(16-2)14-6-4-3-5-7-14/h3-7,13,15-16H,8-12H2,1-2H3. The van der Waals surface area contributed by atoms with Gasteiger partial charge in [0.2, 0.25) is 0 Å². The molecule has 1 heterocycles. The molecule has 0 aliphatic carbocycles. The molecular weight excluding hydrogens is 208 g/mol. The minimum atomic E-state index is 0.493. The molecule has 17 heavy (non-hydrogen) atoms. The van der Waals surface area contributed by atoms with Crippen molar-refractivity contribution in [3.63, 3.8) is 0 Å². The van der Waals surface area contributed by atoms with Gasteiger partial charge in [-0.25, -0.2) is 0 Å². The summed E-state index contributed by atoms with van der Waals surface area (Å²) < 4.78 is 0. The van der Waals surface area contributed by atoms with Gasteiger partial charge in [-0.15, -0.1) is 0 Å². The molecule has 0 amide bonds. The van der Waals surface area contributed by atoms with Crippen molar-refractivity contribution in [3.05, 3.63) is 35.9 Å². The van der Waals surface area contributed by atoms with Gasteiger partial charge in [0.15, 0.2) is 0 Å². The van der Waals surface area contributed by atoms with E-state index in [1.807, 2.05) is 0 Å². The lowest BCUT2D eigenvalue weighted by Gasteiger charge is -2.21. The van der Waals surface area contributed by atoms with Gasteiger partial charge in [0, 0.05) is 12.6 Å². The van der Waals surface area contributed by atoms with Crippen molar-refractivity contribution >= 4 is 0 Å². The SMILES string of the molecule is CNC(CCN1CCC(C)C1)c1ccccc1. The van der Waals surface area contributed by atoms with Gasteiger partial charge in [0.25, 0.3) is 0 Å². The summed E-state index contributed by atoms with van der Waals surface area (Å²) >= 11 is 0. The fourth-order valence-corrected chi connectivity index (χ4v) is 2.70. The van der Waals surface area contributed by atoms with E-state index in [0.717, 1.165) is 5.92 Å². The lowest BCUT2D eigenvalue weighted by atomic mass is 10.0. The zero-order valence-corrected chi connectivity index (χ0v) is 11.0. The van der Waals surface area contributed by atoms with Crippen LogP contribution in [0.1, 0.15) is 31.4 Å². The van der Waals surface area contributed by atoms with E-state index in [-0.39, 0.29) is 0 Å². The number of likely N-dealkylation sites (tertiary alicyclic amines) is 1. The molecule has 2 unspecified atom stereocenters. The summed E-state index contributed by atoms with van der Waals surface area (Å²) in [6.45, 7) is 6.13. The van der Waals surface area contributed by atoms with Crippen LogP contribution in [0.5, 0.6) is 0 Å². The third kappa shape index (κ3) is 3.55. The van der Waals surface area contributed by atoms with E-state index in [0.29, 0.717) is 6.04 Å². The third-order valence-corrected chi connectivity index (χ3v) is 3.79. The summed E-state index contributed by atoms with van der Waals surface area (Å²) in [5.41, 5.74) is 1.40. The van der Waals surface area contributed by atoms with Gasteiger partial charge in [-0.2, -0.15) is 0 Å². The zero-order chi connectivity index (χ0) is 12.1. The number of hydrogen-bond acceptors (Lipinski definition) is 2.